The average Bonchev–Trinajstić information content (AvgIpc) is 2.33. The predicted molar refractivity (Wildman–Crippen MR) is 77.6 cm³/mol. The number of nitrogens with zero attached hydrogens (tertiary/aromatic N) is 1. The van der Waals surface area contributed by atoms with E-state index >= 15 is 0 Å². The molecule has 0 fully saturated rings. The van der Waals surface area contributed by atoms with Crippen LogP contribution in [0.5, 0.6) is 0 Å². The van der Waals surface area contributed by atoms with E-state index < -0.39 is 5.97 Å². The summed E-state index contributed by atoms with van der Waals surface area (Å²) >= 11 is 11.8. The first-order valence-electron chi connectivity index (χ1n) is 6.00. The van der Waals surface area contributed by atoms with Gasteiger partial charge in [-0.3, -0.25) is 9.59 Å². The van der Waals surface area contributed by atoms with E-state index in [0.29, 0.717) is 22.3 Å². The van der Waals surface area contributed by atoms with Crippen LogP contribution in [0, 0.1) is 0 Å². The average molecular weight is 320 g/mol. The Hall–Kier alpha value is -1.46. The van der Waals surface area contributed by atoms with Gasteiger partial charge in [-0.15, -0.1) is 0 Å². The van der Waals surface area contributed by atoms with Gasteiger partial charge in [-0.25, -0.2) is 0 Å². The third kappa shape index (κ3) is 5.67. The minimum atomic E-state index is -1.01. The highest BCUT2D eigenvalue weighted by Crippen LogP contribution is 2.25. The Morgan fingerprint density at radius 2 is 1.85 bits per heavy atom. The standard InChI is InChI=1S/C13H15Cl2NO4/c1-2-20-13(19)3-4-16(8-12(17)18)11-6-9(14)5-10(15)7-11/h5-7H,2-4,8H2,1H3,(H,17,18). The third-order valence-electron chi connectivity index (χ3n) is 2.43. The van der Waals surface area contributed by atoms with Gasteiger partial charge in [-0.05, 0) is 25.1 Å². The Morgan fingerprint density at radius 1 is 1.25 bits per heavy atom. The van der Waals surface area contributed by atoms with Gasteiger partial charge < -0.3 is 14.7 Å². The molecule has 1 N–H and O–H groups in total. The highest BCUT2D eigenvalue weighted by atomic mass is 35.5. The Bertz CT molecular complexity index is 473. The van der Waals surface area contributed by atoms with E-state index in [-0.39, 0.29) is 25.5 Å². The molecule has 0 saturated carbocycles. The molecule has 0 spiro atoms. The van der Waals surface area contributed by atoms with Crippen LogP contribution in [0.15, 0.2) is 18.2 Å². The molecule has 5 nitrogen and oxygen atoms in total. The van der Waals surface area contributed by atoms with Gasteiger partial charge in [0, 0.05) is 22.3 Å². The number of esters is 1. The summed E-state index contributed by atoms with van der Waals surface area (Å²) in [7, 11) is 0. The third-order valence-corrected chi connectivity index (χ3v) is 2.87. The molecule has 0 bridgehead atoms. The molecule has 0 atom stereocenters. The minimum absolute atomic E-state index is 0.0885. The molecule has 1 rings (SSSR count). The molecule has 0 saturated heterocycles. The van der Waals surface area contributed by atoms with Crippen LogP contribution >= 0.6 is 23.2 Å². The second kappa shape index (κ2) is 7.97. The van der Waals surface area contributed by atoms with Gasteiger partial charge in [-0.1, -0.05) is 23.2 Å². The zero-order valence-corrected chi connectivity index (χ0v) is 12.4. The second-order valence-electron chi connectivity index (χ2n) is 4.00. The number of hydrogen-bond acceptors (Lipinski definition) is 4. The molecule has 0 amide bonds. The number of carbonyl (C=O) groups excluding carboxylic acids is 1. The van der Waals surface area contributed by atoms with E-state index in [9.17, 15) is 9.59 Å². The maximum absolute atomic E-state index is 11.4. The lowest BCUT2D eigenvalue weighted by Crippen LogP contribution is -2.32. The van der Waals surface area contributed by atoms with Crippen molar-refractivity contribution in [2.45, 2.75) is 13.3 Å². The maximum Gasteiger partial charge on any atom is 0.323 e. The predicted octanol–water partition coefficient (Wildman–Crippen LogP) is 2.84. The molecule has 0 unspecified atom stereocenters. The van der Waals surface area contributed by atoms with Crippen molar-refractivity contribution in [3.05, 3.63) is 28.2 Å². The number of benzene rings is 1. The fourth-order valence-electron chi connectivity index (χ4n) is 1.64. The van der Waals surface area contributed by atoms with Gasteiger partial charge in [0.1, 0.15) is 6.54 Å². The quantitative estimate of drug-likeness (QED) is 0.783. The van der Waals surface area contributed by atoms with E-state index in [1.807, 2.05) is 0 Å². The molecule has 1 aromatic carbocycles. The maximum atomic E-state index is 11.4. The molecule has 0 aromatic heterocycles. The normalized spacial score (nSPS) is 10.2. The first-order chi connectivity index (χ1) is 9.42. The topological polar surface area (TPSA) is 66.8 Å². The molecule has 0 heterocycles. The summed E-state index contributed by atoms with van der Waals surface area (Å²) < 4.78 is 4.82. The lowest BCUT2D eigenvalue weighted by atomic mass is 10.2. The number of halogens is 2. The van der Waals surface area contributed by atoms with Crippen molar-refractivity contribution < 1.29 is 19.4 Å². The molecule has 0 aliphatic rings. The largest absolute Gasteiger partial charge is 0.480 e. The van der Waals surface area contributed by atoms with Gasteiger partial charge in [0.25, 0.3) is 0 Å². The molecule has 110 valence electrons. The molecular formula is C13H15Cl2NO4. The lowest BCUT2D eigenvalue weighted by Gasteiger charge is -2.22. The molecule has 0 aliphatic carbocycles. The van der Waals surface area contributed by atoms with E-state index in [1.54, 1.807) is 25.1 Å². The summed E-state index contributed by atoms with van der Waals surface area (Å²) in [4.78, 5) is 23.8. The lowest BCUT2D eigenvalue weighted by molar-refractivity contribution is -0.143. The van der Waals surface area contributed by atoms with Gasteiger partial charge in [-0.2, -0.15) is 0 Å². The van der Waals surface area contributed by atoms with Crippen molar-refractivity contribution in [2.75, 3.05) is 24.6 Å². The Labute approximate surface area is 127 Å². The van der Waals surface area contributed by atoms with Crippen molar-refractivity contribution in [1.82, 2.24) is 0 Å². The molecule has 0 radical (unpaired) electrons. The van der Waals surface area contributed by atoms with E-state index in [2.05, 4.69) is 0 Å². The fraction of sp³-hybridized carbons (Fsp3) is 0.385. The molecule has 0 aliphatic heterocycles. The van der Waals surface area contributed by atoms with Crippen LogP contribution in [0.4, 0.5) is 5.69 Å². The molecule has 1 aromatic rings. The van der Waals surface area contributed by atoms with Crippen LogP contribution < -0.4 is 4.90 Å². The zero-order valence-electron chi connectivity index (χ0n) is 10.9. The number of ether oxygens (including phenoxy) is 1. The zero-order chi connectivity index (χ0) is 15.1. The van der Waals surface area contributed by atoms with Crippen molar-refractivity contribution in [3.8, 4) is 0 Å². The van der Waals surface area contributed by atoms with E-state index in [1.165, 1.54) is 4.90 Å². The van der Waals surface area contributed by atoms with Crippen LogP contribution in [0.1, 0.15) is 13.3 Å². The Morgan fingerprint density at radius 3 is 2.35 bits per heavy atom. The summed E-state index contributed by atoms with van der Waals surface area (Å²) in [6.45, 7) is 1.96. The number of carboxylic acid groups (broad SMARTS) is 1. The Kier molecular flexibility index (Phi) is 6.61. The van der Waals surface area contributed by atoms with Crippen molar-refractivity contribution in [1.29, 1.82) is 0 Å². The summed E-state index contributed by atoms with van der Waals surface area (Å²) in [6.07, 6.45) is 0.0885. The highest BCUT2D eigenvalue weighted by molar-refractivity contribution is 6.35. The van der Waals surface area contributed by atoms with E-state index in [4.69, 9.17) is 33.0 Å². The fourth-order valence-corrected chi connectivity index (χ4v) is 2.16. The molecule has 7 heteroatoms. The van der Waals surface area contributed by atoms with Crippen LogP contribution in [-0.4, -0.2) is 36.7 Å². The Balaban J connectivity index is 2.82. The first-order valence-corrected chi connectivity index (χ1v) is 6.76. The van der Waals surface area contributed by atoms with Crippen molar-refractivity contribution in [3.63, 3.8) is 0 Å². The van der Waals surface area contributed by atoms with E-state index in [0.717, 1.165) is 0 Å². The van der Waals surface area contributed by atoms with Gasteiger partial charge >= 0.3 is 11.9 Å². The number of carbonyl (C=O) groups is 2. The van der Waals surface area contributed by atoms with Gasteiger partial charge in [0.15, 0.2) is 0 Å². The van der Waals surface area contributed by atoms with Crippen LogP contribution in [-0.2, 0) is 14.3 Å². The van der Waals surface area contributed by atoms with Gasteiger partial charge in [0.2, 0.25) is 0 Å². The van der Waals surface area contributed by atoms with Crippen LogP contribution in [0.3, 0.4) is 0 Å². The van der Waals surface area contributed by atoms with Crippen molar-refractivity contribution in [2.24, 2.45) is 0 Å². The van der Waals surface area contributed by atoms with Crippen molar-refractivity contribution >= 4 is 40.8 Å². The number of rotatable bonds is 7. The van der Waals surface area contributed by atoms with Crippen LogP contribution in [0.2, 0.25) is 10.0 Å². The van der Waals surface area contributed by atoms with Gasteiger partial charge in [0.05, 0.1) is 13.0 Å². The number of aliphatic carboxylic acids is 1. The summed E-state index contributed by atoms with van der Waals surface area (Å²) in [5, 5.41) is 9.73. The summed E-state index contributed by atoms with van der Waals surface area (Å²) in [5.41, 5.74) is 0.550. The summed E-state index contributed by atoms with van der Waals surface area (Å²) in [6, 6.07) is 4.75. The monoisotopic (exact) mass is 319 g/mol. The summed E-state index contributed by atoms with van der Waals surface area (Å²) in [5.74, 6) is -1.39. The first kappa shape index (κ1) is 16.6. The molecule has 20 heavy (non-hydrogen) atoms. The SMILES string of the molecule is CCOC(=O)CCN(CC(=O)O)c1cc(Cl)cc(Cl)c1. The smallest absolute Gasteiger partial charge is 0.323 e. The molecular weight excluding hydrogens is 305 g/mol. The minimum Gasteiger partial charge on any atom is -0.480 e. The second-order valence-corrected chi connectivity index (χ2v) is 4.87. The highest BCUT2D eigenvalue weighted by Gasteiger charge is 2.14. The van der Waals surface area contributed by atoms with Crippen LogP contribution in [0.25, 0.3) is 0 Å². The number of carboxylic acids is 1. The number of anilines is 1. The number of hydrogen-bond donors (Lipinski definition) is 1.